The van der Waals surface area contributed by atoms with Gasteiger partial charge in [0.2, 0.25) is 15.9 Å². The number of carboxylic acid groups (broad SMARTS) is 2. The van der Waals surface area contributed by atoms with Crippen LogP contribution in [0.5, 0.6) is 11.5 Å². The lowest BCUT2D eigenvalue weighted by Crippen LogP contribution is -2.42. The first-order chi connectivity index (χ1) is 19.6. The van der Waals surface area contributed by atoms with Crippen LogP contribution >= 0.6 is 0 Å². The summed E-state index contributed by atoms with van der Waals surface area (Å²) >= 11 is 0. The molecule has 0 aliphatic rings. The molecule has 11 N–H and O–H groups in total. The lowest BCUT2D eigenvalue weighted by Gasteiger charge is -2.16. The number of carbonyl (C=O) groups excluding carboxylic acids is 1. The van der Waals surface area contributed by atoms with Crippen LogP contribution in [0.2, 0.25) is 0 Å². The molecule has 1 unspecified atom stereocenters. The average molecular weight is 597 g/mol. The number of phenols is 2. The van der Waals surface area contributed by atoms with Crippen molar-refractivity contribution in [3.05, 3.63) is 59.7 Å². The number of carbonyl (C=O) groups is 3. The van der Waals surface area contributed by atoms with Gasteiger partial charge in [-0.2, -0.15) is 0 Å². The maximum absolute atomic E-state index is 12.8. The third kappa shape index (κ3) is 6.29. The summed E-state index contributed by atoms with van der Waals surface area (Å²) in [6.07, 6.45) is -1.38. The highest BCUT2D eigenvalue weighted by Gasteiger charge is 2.25. The van der Waals surface area contributed by atoms with Gasteiger partial charge in [0.05, 0.1) is 34.3 Å². The van der Waals surface area contributed by atoms with E-state index in [-0.39, 0.29) is 38.8 Å². The van der Waals surface area contributed by atoms with E-state index in [0.29, 0.717) is 16.6 Å². The fourth-order valence-corrected chi connectivity index (χ4v) is 4.74. The van der Waals surface area contributed by atoms with Gasteiger partial charge in [-0.25, -0.2) is 23.3 Å². The number of aromatic hydroxyl groups is 2. The molecule has 0 fully saturated rings. The number of aromatic nitrogens is 2. The number of nitrogens with two attached hydrogens (primary N) is 2. The molecule has 0 radical (unpaired) electrons. The second kappa shape index (κ2) is 11.2. The van der Waals surface area contributed by atoms with Crippen molar-refractivity contribution in [1.82, 2.24) is 15.3 Å². The Morgan fingerprint density at radius 3 is 2.31 bits per heavy atom. The number of imidazole rings is 1. The molecule has 0 saturated heterocycles. The Morgan fingerprint density at radius 2 is 1.69 bits per heavy atom. The van der Waals surface area contributed by atoms with Crippen molar-refractivity contribution in [1.29, 1.82) is 5.41 Å². The Balaban J connectivity index is 1.87. The SMILES string of the molecule is N=C(N)c1ccc2nc(-c3cc(CC(=O)NC(CC(=O)O)C(=O)O)cc(-c4cc(S(N)(=O)=O)ccc4O)c3O)[nH]c2c1. The number of nitrogens with zero attached hydrogens (tertiary/aromatic N) is 1. The molecule has 16 heteroatoms. The minimum Gasteiger partial charge on any atom is -0.507 e. The number of phenolic OH excluding ortho intramolecular Hbond substituents is 2. The minimum absolute atomic E-state index is 0.0107. The van der Waals surface area contributed by atoms with Crippen LogP contribution in [-0.4, -0.2) is 68.5 Å². The summed E-state index contributed by atoms with van der Waals surface area (Å²) in [6.45, 7) is 0. The van der Waals surface area contributed by atoms with Gasteiger partial charge in [0.25, 0.3) is 0 Å². The molecule has 0 bridgehead atoms. The van der Waals surface area contributed by atoms with Crippen molar-refractivity contribution in [2.45, 2.75) is 23.8 Å². The lowest BCUT2D eigenvalue weighted by atomic mass is 9.95. The van der Waals surface area contributed by atoms with Crippen molar-refractivity contribution >= 4 is 44.7 Å². The van der Waals surface area contributed by atoms with Crippen molar-refractivity contribution in [2.75, 3.05) is 0 Å². The number of hydrogen-bond acceptors (Lipinski definition) is 9. The number of aliphatic carboxylic acids is 2. The summed E-state index contributed by atoms with van der Waals surface area (Å²) in [5.74, 6) is -4.89. The van der Waals surface area contributed by atoms with Gasteiger partial charge in [0.1, 0.15) is 29.2 Å². The number of primary sulfonamides is 1. The smallest absolute Gasteiger partial charge is 0.326 e. The number of rotatable bonds is 10. The first-order valence-corrected chi connectivity index (χ1v) is 13.5. The fraction of sp³-hybridized carbons (Fsp3) is 0.115. The number of hydrogen-bond donors (Lipinski definition) is 9. The van der Waals surface area contributed by atoms with Crippen LogP contribution < -0.4 is 16.2 Å². The Kier molecular flexibility index (Phi) is 7.86. The minimum atomic E-state index is -4.22. The number of amides is 1. The summed E-state index contributed by atoms with van der Waals surface area (Å²) in [5.41, 5.74) is 6.71. The Hall–Kier alpha value is -5.48. The molecule has 42 heavy (non-hydrogen) atoms. The number of carboxylic acids is 2. The second-order valence-corrected chi connectivity index (χ2v) is 10.8. The molecule has 3 aromatic carbocycles. The summed E-state index contributed by atoms with van der Waals surface area (Å²) in [7, 11) is -4.22. The van der Waals surface area contributed by atoms with Crippen LogP contribution in [0.25, 0.3) is 33.5 Å². The predicted molar refractivity (Wildman–Crippen MR) is 148 cm³/mol. The highest BCUT2D eigenvalue weighted by Crippen LogP contribution is 2.42. The van der Waals surface area contributed by atoms with Crippen LogP contribution in [0, 0.1) is 5.41 Å². The van der Waals surface area contributed by atoms with Crippen LogP contribution in [0.1, 0.15) is 17.5 Å². The van der Waals surface area contributed by atoms with Crippen molar-refractivity contribution in [3.8, 4) is 34.0 Å². The molecule has 4 rings (SSSR count). The molecule has 0 saturated carbocycles. The number of benzene rings is 3. The molecule has 0 spiro atoms. The second-order valence-electron chi connectivity index (χ2n) is 9.23. The van der Waals surface area contributed by atoms with Crippen molar-refractivity contribution in [3.63, 3.8) is 0 Å². The third-order valence-corrected chi connectivity index (χ3v) is 7.09. The van der Waals surface area contributed by atoms with E-state index in [9.17, 15) is 38.1 Å². The van der Waals surface area contributed by atoms with E-state index in [2.05, 4.69) is 15.3 Å². The summed E-state index contributed by atoms with van der Waals surface area (Å²) < 4.78 is 23.9. The number of sulfonamides is 1. The van der Waals surface area contributed by atoms with Gasteiger partial charge < -0.3 is 36.5 Å². The van der Waals surface area contributed by atoms with Gasteiger partial charge in [0.15, 0.2) is 0 Å². The molecule has 1 heterocycles. The van der Waals surface area contributed by atoms with Gasteiger partial charge in [-0.3, -0.25) is 15.0 Å². The van der Waals surface area contributed by atoms with Crippen LogP contribution in [0.15, 0.2) is 53.4 Å². The quantitative estimate of drug-likeness (QED) is 0.0912. The molecule has 218 valence electrons. The van der Waals surface area contributed by atoms with Gasteiger partial charge in [-0.1, -0.05) is 0 Å². The van der Waals surface area contributed by atoms with Gasteiger partial charge in [0, 0.05) is 16.7 Å². The lowest BCUT2D eigenvalue weighted by molar-refractivity contribution is -0.147. The van der Waals surface area contributed by atoms with E-state index in [1.165, 1.54) is 12.1 Å². The van der Waals surface area contributed by atoms with E-state index in [4.69, 9.17) is 21.4 Å². The van der Waals surface area contributed by atoms with Gasteiger partial charge in [-0.05, 0) is 54.1 Å². The first-order valence-electron chi connectivity index (χ1n) is 11.9. The molecule has 0 aliphatic heterocycles. The predicted octanol–water partition coefficient (Wildman–Crippen LogP) is 0.826. The van der Waals surface area contributed by atoms with Crippen molar-refractivity contribution < 1.29 is 43.2 Å². The molecule has 1 amide bonds. The summed E-state index contributed by atoms with van der Waals surface area (Å²) in [6, 6.07) is 8.75. The zero-order valence-electron chi connectivity index (χ0n) is 21.5. The number of amidine groups is 1. The maximum Gasteiger partial charge on any atom is 0.326 e. The third-order valence-electron chi connectivity index (χ3n) is 6.18. The van der Waals surface area contributed by atoms with Crippen LogP contribution in [0.4, 0.5) is 0 Å². The normalized spacial score (nSPS) is 12.1. The zero-order valence-corrected chi connectivity index (χ0v) is 22.3. The molecule has 4 aromatic rings. The van der Waals surface area contributed by atoms with Crippen LogP contribution in [0.3, 0.4) is 0 Å². The Bertz CT molecular complexity index is 1880. The zero-order chi connectivity index (χ0) is 30.9. The maximum atomic E-state index is 12.8. The summed E-state index contributed by atoms with van der Waals surface area (Å²) in [5, 5.41) is 55.1. The van der Waals surface area contributed by atoms with E-state index in [1.807, 2.05) is 0 Å². The summed E-state index contributed by atoms with van der Waals surface area (Å²) in [4.78, 5) is 42.2. The highest BCUT2D eigenvalue weighted by atomic mass is 32.2. The molecule has 0 aliphatic carbocycles. The number of nitrogen functional groups attached to an aromatic ring is 1. The first kappa shape index (κ1) is 29.5. The van der Waals surface area contributed by atoms with Crippen LogP contribution in [-0.2, 0) is 30.8 Å². The molecule has 1 atom stereocenters. The molecular weight excluding hydrogens is 572 g/mol. The molecule has 1 aromatic heterocycles. The van der Waals surface area contributed by atoms with E-state index >= 15 is 0 Å². The van der Waals surface area contributed by atoms with Crippen molar-refractivity contribution in [2.24, 2.45) is 10.9 Å². The Morgan fingerprint density at radius 1 is 1.00 bits per heavy atom. The van der Waals surface area contributed by atoms with E-state index in [1.54, 1.807) is 18.2 Å². The molecular formula is C26H24N6O9S. The Labute approximate surface area is 237 Å². The number of fused-ring (bicyclic) bond motifs is 1. The van der Waals surface area contributed by atoms with E-state index < -0.39 is 58.3 Å². The topological polar surface area (TPSA) is 283 Å². The molecule has 15 nitrogen and oxygen atoms in total. The number of aromatic amines is 1. The van der Waals surface area contributed by atoms with Gasteiger partial charge in [-0.15, -0.1) is 0 Å². The average Bonchev–Trinajstić information content (AvgIpc) is 3.32. The number of nitrogens with one attached hydrogen (secondary N) is 3. The fourth-order valence-electron chi connectivity index (χ4n) is 4.20. The highest BCUT2D eigenvalue weighted by molar-refractivity contribution is 7.89. The van der Waals surface area contributed by atoms with E-state index in [0.717, 1.165) is 18.2 Å². The standard InChI is InChI=1S/C26H24N6O9S/c27-24(28)12-1-3-17-18(8-12)32-25(31-17)16-6-11(7-21(34)30-19(26(38)39)10-22(35)36)5-15(23(16)37)14-9-13(42(29,40)41)2-4-20(14)33/h1-6,8-9,19,33,37H,7,10H2,(H3,27,28)(H,30,34)(H,31,32)(H,35,36)(H,38,39)(H2,29,40,41). The monoisotopic (exact) mass is 596 g/mol. The largest absolute Gasteiger partial charge is 0.507 e. The number of H-pyrrole nitrogens is 1. The van der Waals surface area contributed by atoms with Gasteiger partial charge >= 0.3 is 11.9 Å².